The highest BCUT2D eigenvalue weighted by Crippen LogP contribution is 2.11. The van der Waals surface area contributed by atoms with E-state index in [1.165, 1.54) is 0 Å². The molecule has 1 unspecified atom stereocenters. The van der Waals surface area contributed by atoms with Gasteiger partial charge >= 0.3 is 0 Å². The second kappa shape index (κ2) is 2.76. The maximum atomic E-state index is 4.32. The van der Waals surface area contributed by atoms with Gasteiger partial charge in [-0.3, -0.25) is 4.99 Å². The van der Waals surface area contributed by atoms with E-state index < -0.39 is 0 Å². The van der Waals surface area contributed by atoms with Crippen LogP contribution in [-0.2, 0) is 0 Å². The SMILES string of the molecule is CC1=NC(N(C)C)=NC2=NC=NC12. The highest BCUT2D eigenvalue weighted by atomic mass is 15.3. The highest BCUT2D eigenvalue weighted by Gasteiger charge is 2.26. The molecule has 68 valence electrons. The van der Waals surface area contributed by atoms with Crippen LogP contribution in [0.4, 0.5) is 0 Å². The van der Waals surface area contributed by atoms with Gasteiger partial charge < -0.3 is 4.90 Å². The maximum absolute atomic E-state index is 4.32. The van der Waals surface area contributed by atoms with E-state index in [1.807, 2.05) is 25.9 Å². The van der Waals surface area contributed by atoms with Crippen molar-refractivity contribution in [2.45, 2.75) is 13.0 Å². The summed E-state index contributed by atoms with van der Waals surface area (Å²) in [5, 5.41) is 0. The van der Waals surface area contributed by atoms with Gasteiger partial charge in [-0.15, -0.1) is 0 Å². The van der Waals surface area contributed by atoms with Crippen molar-refractivity contribution < 1.29 is 0 Å². The molecule has 0 aromatic heterocycles. The smallest absolute Gasteiger partial charge is 0.226 e. The van der Waals surface area contributed by atoms with Crippen LogP contribution in [0.5, 0.6) is 0 Å². The molecule has 0 fully saturated rings. The number of rotatable bonds is 0. The van der Waals surface area contributed by atoms with Crippen molar-refractivity contribution in [3.63, 3.8) is 0 Å². The first-order valence-corrected chi connectivity index (χ1v) is 4.09. The molecule has 1 atom stereocenters. The monoisotopic (exact) mass is 177 g/mol. The summed E-state index contributed by atoms with van der Waals surface area (Å²) >= 11 is 0. The van der Waals surface area contributed by atoms with Crippen molar-refractivity contribution in [1.82, 2.24) is 4.90 Å². The molecule has 5 heteroatoms. The van der Waals surface area contributed by atoms with Crippen LogP contribution in [0.3, 0.4) is 0 Å². The van der Waals surface area contributed by atoms with E-state index in [0.29, 0.717) is 5.96 Å². The van der Waals surface area contributed by atoms with Gasteiger partial charge in [0.25, 0.3) is 0 Å². The van der Waals surface area contributed by atoms with Crippen molar-refractivity contribution in [1.29, 1.82) is 0 Å². The fourth-order valence-electron chi connectivity index (χ4n) is 1.23. The van der Waals surface area contributed by atoms with E-state index in [4.69, 9.17) is 0 Å². The zero-order valence-electron chi connectivity index (χ0n) is 7.89. The third-order valence-electron chi connectivity index (χ3n) is 1.94. The lowest BCUT2D eigenvalue weighted by Crippen LogP contribution is -2.33. The van der Waals surface area contributed by atoms with Gasteiger partial charge in [0, 0.05) is 14.1 Å². The van der Waals surface area contributed by atoms with Crippen LogP contribution in [0.2, 0.25) is 0 Å². The van der Waals surface area contributed by atoms with E-state index >= 15 is 0 Å². The molecule has 0 aromatic carbocycles. The Morgan fingerprint density at radius 3 is 2.77 bits per heavy atom. The summed E-state index contributed by atoms with van der Waals surface area (Å²) in [5.74, 6) is 1.44. The Morgan fingerprint density at radius 2 is 2.08 bits per heavy atom. The Labute approximate surface area is 76.6 Å². The van der Waals surface area contributed by atoms with Crippen molar-refractivity contribution >= 4 is 23.8 Å². The minimum Gasteiger partial charge on any atom is -0.347 e. The minimum absolute atomic E-state index is 0.0382. The molecule has 0 N–H and O–H groups in total. The quantitative estimate of drug-likeness (QED) is 0.521. The fourth-order valence-corrected chi connectivity index (χ4v) is 1.23. The molecule has 0 saturated carbocycles. The van der Waals surface area contributed by atoms with Crippen molar-refractivity contribution in [2.75, 3.05) is 14.1 Å². The molecule has 2 aliphatic rings. The molecule has 0 radical (unpaired) electrons. The van der Waals surface area contributed by atoms with Crippen LogP contribution < -0.4 is 0 Å². The van der Waals surface area contributed by atoms with Gasteiger partial charge in [-0.25, -0.2) is 9.98 Å². The standard InChI is InChI=1S/C8H11N5/c1-5-6-7(10-4-9-6)12-8(11-5)13(2)3/h4,6H,1-3H3. The second-order valence-electron chi connectivity index (χ2n) is 3.21. The average molecular weight is 177 g/mol. The van der Waals surface area contributed by atoms with Crippen LogP contribution in [0.25, 0.3) is 0 Å². The summed E-state index contributed by atoms with van der Waals surface area (Å²) < 4.78 is 0. The normalized spacial score (nSPS) is 24.8. The van der Waals surface area contributed by atoms with Gasteiger partial charge in [-0.2, -0.15) is 4.99 Å². The topological polar surface area (TPSA) is 52.7 Å². The van der Waals surface area contributed by atoms with Gasteiger partial charge in [0.05, 0.1) is 5.71 Å². The summed E-state index contributed by atoms with van der Waals surface area (Å²) in [5.41, 5.74) is 0.950. The molecule has 2 aliphatic heterocycles. The first-order chi connectivity index (χ1) is 6.18. The summed E-state index contributed by atoms with van der Waals surface area (Å²) in [6, 6.07) is -0.0382. The molecule has 13 heavy (non-hydrogen) atoms. The number of hydrogen-bond acceptors (Lipinski definition) is 5. The van der Waals surface area contributed by atoms with Crippen LogP contribution in [0.15, 0.2) is 20.0 Å². The minimum atomic E-state index is -0.0382. The summed E-state index contributed by atoms with van der Waals surface area (Å²) in [6.07, 6.45) is 1.54. The first kappa shape index (κ1) is 8.10. The van der Waals surface area contributed by atoms with E-state index in [1.54, 1.807) is 6.34 Å². The highest BCUT2D eigenvalue weighted by molar-refractivity contribution is 6.22. The molecule has 0 spiro atoms. The molecule has 2 rings (SSSR count). The van der Waals surface area contributed by atoms with E-state index in [0.717, 1.165) is 11.5 Å². The molecule has 0 amide bonds. The first-order valence-electron chi connectivity index (χ1n) is 4.09. The third-order valence-corrected chi connectivity index (χ3v) is 1.94. The largest absolute Gasteiger partial charge is 0.347 e. The van der Waals surface area contributed by atoms with E-state index in [9.17, 15) is 0 Å². The lowest BCUT2D eigenvalue weighted by Gasteiger charge is -2.18. The Balaban J connectivity index is 2.37. The van der Waals surface area contributed by atoms with Crippen LogP contribution in [0, 0.1) is 0 Å². The van der Waals surface area contributed by atoms with Crippen molar-refractivity contribution in [3.05, 3.63) is 0 Å². The van der Waals surface area contributed by atoms with E-state index in [2.05, 4.69) is 20.0 Å². The zero-order valence-corrected chi connectivity index (χ0v) is 7.89. The summed E-state index contributed by atoms with van der Waals surface area (Å²) in [4.78, 5) is 18.7. The molecule has 0 aromatic rings. The second-order valence-corrected chi connectivity index (χ2v) is 3.21. The molecule has 5 nitrogen and oxygen atoms in total. The number of fused-ring (bicyclic) bond motifs is 1. The third kappa shape index (κ3) is 1.26. The summed E-state index contributed by atoms with van der Waals surface area (Å²) in [6.45, 7) is 1.95. The van der Waals surface area contributed by atoms with Crippen LogP contribution >= 0.6 is 0 Å². The van der Waals surface area contributed by atoms with E-state index in [-0.39, 0.29) is 6.04 Å². The molecule has 0 aliphatic carbocycles. The predicted molar refractivity (Wildman–Crippen MR) is 53.9 cm³/mol. The number of amidine groups is 1. The lowest BCUT2D eigenvalue weighted by molar-refractivity contribution is 0.614. The average Bonchev–Trinajstić information content (AvgIpc) is 2.51. The zero-order chi connectivity index (χ0) is 9.42. The number of guanidine groups is 1. The number of nitrogens with zero attached hydrogens (tertiary/aromatic N) is 5. The summed E-state index contributed by atoms with van der Waals surface area (Å²) in [7, 11) is 3.82. The molecule has 0 saturated heterocycles. The molecule has 0 bridgehead atoms. The van der Waals surface area contributed by atoms with Gasteiger partial charge in [-0.1, -0.05) is 0 Å². The van der Waals surface area contributed by atoms with Crippen LogP contribution in [0.1, 0.15) is 6.92 Å². The predicted octanol–water partition coefficient (Wildman–Crippen LogP) is 0.187. The Kier molecular flexibility index (Phi) is 1.72. The molecule has 2 heterocycles. The Bertz CT molecular complexity index is 348. The van der Waals surface area contributed by atoms with Crippen molar-refractivity contribution in [3.8, 4) is 0 Å². The number of hydrogen-bond donors (Lipinski definition) is 0. The lowest BCUT2D eigenvalue weighted by atomic mass is 10.2. The van der Waals surface area contributed by atoms with Gasteiger partial charge in [0.1, 0.15) is 12.4 Å². The van der Waals surface area contributed by atoms with Crippen molar-refractivity contribution in [2.24, 2.45) is 20.0 Å². The maximum Gasteiger partial charge on any atom is 0.226 e. The Morgan fingerprint density at radius 1 is 1.31 bits per heavy atom. The van der Waals surface area contributed by atoms with Gasteiger partial charge in [-0.05, 0) is 6.92 Å². The molecular formula is C8H11N5. The number of aliphatic imine (C=N–C) groups is 4. The van der Waals surface area contributed by atoms with Crippen LogP contribution in [-0.4, -0.2) is 48.9 Å². The molecular weight excluding hydrogens is 166 g/mol. The van der Waals surface area contributed by atoms with Gasteiger partial charge in [0.15, 0.2) is 5.84 Å². The fraction of sp³-hybridized carbons (Fsp3) is 0.500. The Hall–Kier alpha value is -1.52. The van der Waals surface area contributed by atoms with Gasteiger partial charge in [0.2, 0.25) is 5.96 Å².